The maximum Gasteiger partial charge on any atom is 0.272 e. The normalized spacial score (nSPS) is 10.7. The number of methoxy groups -OCH3 is 1. The van der Waals surface area contributed by atoms with Crippen LogP contribution in [0.15, 0.2) is 41.5 Å². The van der Waals surface area contributed by atoms with Gasteiger partial charge in [0.25, 0.3) is 5.91 Å². The highest BCUT2D eigenvalue weighted by molar-refractivity contribution is 6.33. The molecule has 0 saturated heterocycles. The second kappa shape index (κ2) is 6.95. The van der Waals surface area contributed by atoms with E-state index in [2.05, 4.69) is 10.5 Å². The highest BCUT2D eigenvalue weighted by atomic mass is 35.5. The Bertz CT molecular complexity index is 729. The fraction of sp³-hybridized carbons (Fsp3) is 0.125. The van der Waals surface area contributed by atoms with Crippen molar-refractivity contribution in [3.05, 3.63) is 58.1 Å². The van der Waals surface area contributed by atoms with Gasteiger partial charge in [0.05, 0.1) is 23.9 Å². The van der Waals surface area contributed by atoms with Gasteiger partial charge >= 0.3 is 0 Å². The molecular weight excluding hydrogens is 304 g/mol. The summed E-state index contributed by atoms with van der Waals surface area (Å²) < 4.78 is 4.99. The van der Waals surface area contributed by atoms with Crippen molar-refractivity contribution >= 4 is 23.7 Å². The minimum atomic E-state index is -0.427. The van der Waals surface area contributed by atoms with Crippen LogP contribution in [-0.2, 0) is 0 Å². The average Bonchev–Trinajstić information content (AvgIpc) is 2.48. The zero-order valence-electron chi connectivity index (χ0n) is 12.1. The predicted octanol–water partition coefficient (Wildman–Crippen LogP) is 3.13. The molecule has 0 aliphatic heterocycles. The van der Waals surface area contributed by atoms with Crippen molar-refractivity contribution in [1.29, 1.82) is 0 Å². The fourth-order valence-corrected chi connectivity index (χ4v) is 2.15. The molecule has 0 atom stereocenters. The van der Waals surface area contributed by atoms with E-state index < -0.39 is 5.91 Å². The number of para-hydroxylation sites is 1. The maximum absolute atomic E-state index is 12.0. The van der Waals surface area contributed by atoms with Gasteiger partial charge in [0.2, 0.25) is 0 Å². The minimum absolute atomic E-state index is 0.0450. The third-order valence-electron chi connectivity index (χ3n) is 2.99. The Morgan fingerprint density at radius 2 is 2.14 bits per heavy atom. The molecule has 0 aromatic heterocycles. The summed E-state index contributed by atoms with van der Waals surface area (Å²) in [7, 11) is 1.46. The largest absolute Gasteiger partial charge is 0.504 e. The van der Waals surface area contributed by atoms with Crippen molar-refractivity contribution in [2.75, 3.05) is 7.11 Å². The van der Waals surface area contributed by atoms with E-state index >= 15 is 0 Å². The first kappa shape index (κ1) is 15.9. The molecule has 22 heavy (non-hydrogen) atoms. The molecule has 0 aliphatic carbocycles. The van der Waals surface area contributed by atoms with Crippen LogP contribution in [0, 0.1) is 6.92 Å². The monoisotopic (exact) mass is 318 g/mol. The Morgan fingerprint density at radius 3 is 2.82 bits per heavy atom. The average molecular weight is 319 g/mol. The van der Waals surface area contributed by atoms with Crippen molar-refractivity contribution in [3.63, 3.8) is 0 Å². The number of benzene rings is 2. The molecule has 2 aromatic rings. The number of amides is 1. The lowest BCUT2D eigenvalue weighted by atomic mass is 10.1. The highest BCUT2D eigenvalue weighted by Gasteiger charge is 2.09. The first-order chi connectivity index (χ1) is 10.5. The van der Waals surface area contributed by atoms with Crippen LogP contribution in [0.3, 0.4) is 0 Å². The fourth-order valence-electron chi connectivity index (χ4n) is 1.83. The summed E-state index contributed by atoms with van der Waals surface area (Å²) in [5, 5.41) is 14.1. The van der Waals surface area contributed by atoms with Crippen LogP contribution >= 0.6 is 11.6 Å². The van der Waals surface area contributed by atoms with Crippen LogP contribution < -0.4 is 10.2 Å². The summed E-state index contributed by atoms with van der Waals surface area (Å²) in [6, 6.07) is 10.1. The summed E-state index contributed by atoms with van der Waals surface area (Å²) >= 11 is 6.02. The molecule has 0 bridgehead atoms. The van der Waals surface area contributed by atoms with Gasteiger partial charge in [0.15, 0.2) is 11.5 Å². The topological polar surface area (TPSA) is 70.9 Å². The van der Waals surface area contributed by atoms with Crippen LogP contribution in [0.4, 0.5) is 0 Å². The molecule has 2 rings (SSSR count). The van der Waals surface area contributed by atoms with E-state index in [9.17, 15) is 9.90 Å². The van der Waals surface area contributed by atoms with Gasteiger partial charge in [-0.3, -0.25) is 4.79 Å². The molecule has 6 heteroatoms. The molecule has 0 saturated carbocycles. The number of phenolic OH excluding ortho intramolecular Hbond substituents is 1. The number of hydrogen-bond acceptors (Lipinski definition) is 4. The van der Waals surface area contributed by atoms with Gasteiger partial charge < -0.3 is 9.84 Å². The first-order valence-electron chi connectivity index (χ1n) is 6.48. The van der Waals surface area contributed by atoms with Crippen molar-refractivity contribution in [2.45, 2.75) is 6.92 Å². The second-order valence-corrected chi connectivity index (χ2v) is 4.99. The summed E-state index contributed by atoms with van der Waals surface area (Å²) in [5.74, 6) is -0.142. The van der Waals surface area contributed by atoms with Crippen LogP contribution in [-0.4, -0.2) is 24.3 Å². The first-order valence-corrected chi connectivity index (χ1v) is 6.86. The number of carbonyl (C=O) groups excluding carboxylic acids is 1. The smallest absolute Gasteiger partial charge is 0.272 e. The Labute approximate surface area is 133 Å². The van der Waals surface area contributed by atoms with Gasteiger partial charge in [-0.2, -0.15) is 5.10 Å². The molecule has 0 radical (unpaired) electrons. The number of halogens is 1. The van der Waals surface area contributed by atoms with E-state index in [0.717, 1.165) is 5.56 Å². The second-order valence-electron chi connectivity index (χ2n) is 4.58. The molecule has 5 nitrogen and oxygen atoms in total. The standard InChI is InChI=1S/C16H15ClN2O3/c1-10-6-7-12(13(17)8-10)16(21)19-18-9-11-4-3-5-14(22-2)15(11)20/h3-9,20H,1-2H3,(H,19,21)/b18-9+. The summed E-state index contributed by atoms with van der Waals surface area (Å²) in [4.78, 5) is 12.0. The molecule has 1 amide bonds. The summed E-state index contributed by atoms with van der Waals surface area (Å²) in [6.45, 7) is 1.89. The van der Waals surface area contributed by atoms with Crippen LogP contribution in [0.1, 0.15) is 21.5 Å². The Kier molecular flexibility index (Phi) is 5.01. The number of rotatable bonds is 4. The summed E-state index contributed by atoms with van der Waals surface area (Å²) in [5.41, 5.74) is 4.09. The number of aryl methyl sites for hydroxylation is 1. The maximum atomic E-state index is 12.0. The zero-order valence-corrected chi connectivity index (χ0v) is 12.9. The quantitative estimate of drug-likeness (QED) is 0.672. The molecule has 0 aliphatic rings. The molecule has 0 spiro atoms. The van der Waals surface area contributed by atoms with Gasteiger partial charge in [-0.1, -0.05) is 23.7 Å². The number of phenols is 1. The minimum Gasteiger partial charge on any atom is -0.504 e. The Balaban J connectivity index is 2.11. The van der Waals surface area contributed by atoms with Crippen molar-refractivity contribution < 1.29 is 14.6 Å². The van der Waals surface area contributed by atoms with Crippen molar-refractivity contribution in [3.8, 4) is 11.5 Å². The molecule has 114 valence electrons. The number of carbonyl (C=O) groups is 1. The van der Waals surface area contributed by atoms with E-state index in [0.29, 0.717) is 21.9 Å². The lowest BCUT2D eigenvalue weighted by Crippen LogP contribution is -2.18. The number of aromatic hydroxyl groups is 1. The van der Waals surface area contributed by atoms with E-state index in [-0.39, 0.29) is 5.75 Å². The molecule has 0 fully saturated rings. The molecular formula is C16H15ClN2O3. The number of hydrazone groups is 1. The highest BCUT2D eigenvalue weighted by Crippen LogP contribution is 2.27. The van der Waals surface area contributed by atoms with Crippen LogP contribution in [0.2, 0.25) is 5.02 Å². The Hall–Kier alpha value is -2.53. The van der Waals surface area contributed by atoms with Crippen molar-refractivity contribution in [1.82, 2.24) is 5.43 Å². The lowest BCUT2D eigenvalue weighted by molar-refractivity contribution is 0.0955. The number of nitrogens with one attached hydrogen (secondary N) is 1. The van der Waals surface area contributed by atoms with Crippen molar-refractivity contribution in [2.24, 2.45) is 5.10 Å². The lowest BCUT2D eigenvalue weighted by Gasteiger charge is -2.05. The number of nitrogens with zero attached hydrogens (tertiary/aromatic N) is 1. The van der Waals surface area contributed by atoms with Crippen LogP contribution in [0.25, 0.3) is 0 Å². The van der Waals surface area contributed by atoms with Crippen LogP contribution in [0.5, 0.6) is 11.5 Å². The number of hydrogen-bond donors (Lipinski definition) is 2. The Morgan fingerprint density at radius 1 is 1.36 bits per heavy atom. The third-order valence-corrected chi connectivity index (χ3v) is 3.30. The SMILES string of the molecule is COc1cccc(/C=N/NC(=O)c2ccc(C)cc2Cl)c1O. The predicted molar refractivity (Wildman–Crippen MR) is 85.9 cm³/mol. The van der Waals surface area contributed by atoms with E-state index in [1.54, 1.807) is 36.4 Å². The molecule has 0 unspecified atom stereocenters. The van der Waals surface area contributed by atoms with Gasteiger partial charge in [-0.25, -0.2) is 5.43 Å². The van der Waals surface area contributed by atoms with Gasteiger partial charge in [-0.15, -0.1) is 0 Å². The van der Waals surface area contributed by atoms with Gasteiger partial charge in [0.1, 0.15) is 0 Å². The van der Waals surface area contributed by atoms with Gasteiger partial charge in [0, 0.05) is 5.56 Å². The molecule has 2 aromatic carbocycles. The summed E-state index contributed by atoms with van der Waals surface area (Å²) in [6.07, 6.45) is 1.33. The van der Waals surface area contributed by atoms with Gasteiger partial charge in [-0.05, 0) is 36.8 Å². The zero-order chi connectivity index (χ0) is 16.1. The van der Waals surface area contributed by atoms with E-state index in [1.165, 1.54) is 13.3 Å². The molecule has 0 heterocycles. The van der Waals surface area contributed by atoms with E-state index in [1.807, 2.05) is 6.92 Å². The molecule has 2 N–H and O–H groups in total. The third kappa shape index (κ3) is 3.56. The number of ether oxygens (including phenoxy) is 1. The van der Waals surface area contributed by atoms with E-state index in [4.69, 9.17) is 16.3 Å².